The van der Waals surface area contributed by atoms with Crippen LogP contribution in [0.25, 0.3) is 71.4 Å². The SMILES string of the molecule is CC1(c2cccc(-c3c4ccccc4c(-c4cc5ccccc5c5ccccc45)c4ccccc34)c2)CC=Cc2ccccc21. The van der Waals surface area contributed by atoms with Crippen molar-refractivity contribution in [2.24, 2.45) is 0 Å². The first-order valence-corrected chi connectivity index (χ1v) is 15.9. The van der Waals surface area contributed by atoms with E-state index >= 15 is 0 Å². The molecule has 8 aromatic rings. The Morgan fingerprint density at radius 2 is 1.04 bits per heavy atom. The Kier molecular flexibility index (Phi) is 5.80. The van der Waals surface area contributed by atoms with Gasteiger partial charge in [0.25, 0.3) is 0 Å². The summed E-state index contributed by atoms with van der Waals surface area (Å²) in [5.74, 6) is 0. The van der Waals surface area contributed by atoms with Crippen LogP contribution in [-0.4, -0.2) is 0 Å². The van der Waals surface area contributed by atoms with Gasteiger partial charge in [0.15, 0.2) is 0 Å². The molecule has 0 amide bonds. The summed E-state index contributed by atoms with van der Waals surface area (Å²) in [7, 11) is 0. The second-order valence-electron chi connectivity index (χ2n) is 12.6. The van der Waals surface area contributed by atoms with Gasteiger partial charge in [0, 0.05) is 5.41 Å². The van der Waals surface area contributed by atoms with E-state index in [4.69, 9.17) is 0 Å². The summed E-state index contributed by atoms with van der Waals surface area (Å²) < 4.78 is 0. The fourth-order valence-corrected chi connectivity index (χ4v) is 7.96. The molecule has 0 radical (unpaired) electrons. The second kappa shape index (κ2) is 10.0. The van der Waals surface area contributed by atoms with E-state index in [1.54, 1.807) is 0 Å². The Balaban J connectivity index is 1.35. The lowest BCUT2D eigenvalue weighted by Gasteiger charge is -2.34. The van der Waals surface area contributed by atoms with E-state index in [2.05, 4.69) is 171 Å². The van der Waals surface area contributed by atoms with Crippen molar-refractivity contribution >= 4 is 49.2 Å². The number of allylic oxidation sites excluding steroid dienone is 1. The van der Waals surface area contributed by atoms with Gasteiger partial charge < -0.3 is 0 Å². The van der Waals surface area contributed by atoms with Crippen LogP contribution in [0.3, 0.4) is 0 Å². The highest BCUT2D eigenvalue weighted by molar-refractivity contribution is 6.25. The predicted molar refractivity (Wildman–Crippen MR) is 194 cm³/mol. The van der Waals surface area contributed by atoms with E-state index in [0.717, 1.165) is 6.42 Å². The maximum Gasteiger partial charge on any atom is 0.0215 e. The lowest BCUT2D eigenvalue weighted by Crippen LogP contribution is -2.25. The number of fused-ring (bicyclic) bond motifs is 6. The minimum Gasteiger partial charge on any atom is -0.0827 e. The van der Waals surface area contributed by atoms with Gasteiger partial charge in [-0.05, 0) is 94.5 Å². The van der Waals surface area contributed by atoms with E-state index in [9.17, 15) is 0 Å². The highest BCUT2D eigenvalue weighted by atomic mass is 14.3. The molecule has 1 aliphatic rings. The summed E-state index contributed by atoms with van der Waals surface area (Å²) in [6, 6.07) is 56.3. The van der Waals surface area contributed by atoms with Crippen LogP contribution in [0.2, 0.25) is 0 Å². The van der Waals surface area contributed by atoms with Gasteiger partial charge in [-0.1, -0.05) is 165 Å². The Hall–Kier alpha value is -5.46. The van der Waals surface area contributed by atoms with Crippen molar-refractivity contribution in [3.63, 3.8) is 0 Å². The van der Waals surface area contributed by atoms with Crippen LogP contribution < -0.4 is 0 Å². The first-order valence-electron chi connectivity index (χ1n) is 15.9. The van der Waals surface area contributed by atoms with Gasteiger partial charge in [-0.15, -0.1) is 0 Å². The number of rotatable bonds is 3. The molecule has 0 bridgehead atoms. The lowest BCUT2D eigenvalue weighted by atomic mass is 9.69. The molecule has 0 nitrogen and oxygen atoms in total. The zero-order chi connectivity index (χ0) is 30.0. The fraction of sp³-hybridized carbons (Fsp3) is 0.0667. The lowest BCUT2D eigenvalue weighted by molar-refractivity contribution is 0.575. The Morgan fingerprint density at radius 3 is 1.78 bits per heavy atom. The normalized spacial score (nSPS) is 16.0. The van der Waals surface area contributed by atoms with Crippen molar-refractivity contribution in [1.29, 1.82) is 0 Å². The molecule has 45 heavy (non-hydrogen) atoms. The quantitative estimate of drug-likeness (QED) is 0.146. The summed E-state index contributed by atoms with van der Waals surface area (Å²) in [6.07, 6.45) is 5.60. The van der Waals surface area contributed by atoms with Crippen molar-refractivity contribution in [1.82, 2.24) is 0 Å². The van der Waals surface area contributed by atoms with Gasteiger partial charge >= 0.3 is 0 Å². The molecule has 0 heteroatoms. The molecule has 0 aliphatic heterocycles. The monoisotopic (exact) mass is 572 g/mol. The number of hydrogen-bond acceptors (Lipinski definition) is 0. The average molecular weight is 573 g/mol. The van der Waals surface area contributed by atoms with E-state index < -0.39 is 0 Å². The molecule has 1 atom stereocenters. The average Bonchev–Trinajstić information content (AvgIpc) is 3.10. The number of hydrogen-bond donors (Lipinski definition) is 0. The molecule has 212 valence electrons. The summed E-state index contributed by atoms with van der Waals surface area (Å²) in [5, 5.41) is 10.3. The predicted octanol–water partition coefficient (Wildman–Crippen LogP) is 12.4. The van der Waals surface area contributed by atoms with Crippen LogP contribution >= 0.6 is 0 Å². The molecular formula is C45H32. The molecule has 0 spiro atoms. The van der Waals surface area contributed by atoms with Crippen LogP contribution in [0.15, 0.2) is 158 Å². The highest BCUT2D eigenvalue weighted by Crippen LogP contribution is 2.48. The maximum atomic E-state index is 2.45. The van der Waals surface area contributed by atoms with Gasteiger partial charge in [-0.3, -0.25) is 0 Å². The van der Waals surface area contributed by atoms with Crippen LogP contribution in [-0.2, 0) is 5.41 Å². The molecule has 1 unspecified atom stereocenters. The molecule has 0 saturated heterocycles. The molecule has 1 aliphatic carbocycles. The third-order valence-corrected chi connectivity index (χ3v) is 10.1. The topological polar surface area (TPSA) is 0 Å². The molecule has 0 aromatic heterocycles. The van der Waals surface area contributed by atoms with E-state index in [1.807, 2.05) is 0 Å². The minimum atomic E-state index is -0.0864. The minimum absolute atomic E-state index is 0.0864. The molecule has 0 heterocycles. The molecule has 0 N–H and O–H groups in total. The Bertz CT molecular complexity index is 2420. The summed E-state index contributed by atoms with van der Waals surface area (Å²) in [4.78, 5) is 0. The molecule has 9 rings (SSSR count). The van der Waals surface area contributed by atoms with E-state index in [0.29, 0.717) is 0 Å². The highest BCUT2D eigenvalue weighted by Gasteiger charge is 2.32. The van der Waals surface area contributed by atoms with Crippen LogP contribution in [0.4, 0.5) is 0 Å². The number of benzene rings is 8. The van der Waals surface area contributed by atoms with Crippen molar-refractivity contribution in [2.45, 2.75) is 18.8 Å². The zero-order valence-corrected chi connectivity index (χ0v) is 25.3. The second-order valence-corrected chi connectivity index (χ2v) is 12.6. The standard InChI is InChI=1S/C45H32/c1-45(27-13-17-30-14-3-11-26-42(30)45)33-18-12-16-32(28-33)43-37-22-7-9-24-39(37)44(40-25-10-8-23-38(40)43)41-29-31-15-2-4-19-34(31)35-20-5-6-21-36(35)41/h2-26,28-29H,27H2,1H3. The van der Waals surface area contributed by atoms with Crippen molar-refractivity contribution in [3.05, 3.63) is 174 Å². The molecule has 0 fully saturated rings. The third kappa shape index (κ3) is 3.92. The molecule has 0 saturated carbocycles. The Labute approximate surface area is 263 Å². The largest absolute Gasteiger partial charge is 0.0827 e. The van der Waals surface area contributed by atoms with Crippen molar-refractivity contribution in [3.8, 4) is 22.3 Å². The van der Waals surface area contributed by atoms with Gasteiger partial charge in [-0.2, -0.15) is 0 Å². The van der Waals surface area contributed by atoms with Crippen LogP contribution in [0.5, 0.6) is 0 Å². The van der Waals surface area contributed by atoms with Gasteiger partial charge in [0.2, 0.25) is 0 Å². The third-order valence-electron chi connectivity index (χ3n) is 10.1. The van der Waals surface area contributed by atoms with Crippen LogP contribution in [0.1, 0.15) is 30.0 Å². The zero-order valence-electron chi connectivity index (χ0n) is 25.3. The van der Waals surface area contributed by atoms with E-state index in [1.165, 1.54) is 82.0 Å². The van der Waals surface area contributed by atoms with Gasteiger partial charge in [-0.25, -0.2) is 0 Å². The van der Waals surface area contributed by atoms with Gasteiger partial charge in [0.1, 0.15) is 0 Å². The van der Waals surface area contributed by atoms with Crippen molar-refractivity contribution in [2.75, 3.05) is 0 Å². The molecular weight excluding hydrogens is 540 g/mol. The first-order chi connectivity index (χ1) is 22.2. The van der Waals surface area contributed by atoms with Crippen LogP contribution in [0, 0.1) is 0 Å². The summed E-state index contributed by atoms with van der Waals surface area (Å²) in [5.41, 5.74) is 9.16. The summed E-state index contributed by atoms with van der Waals surface area (Å²) in [6.45, 7) is 2.40. The maximum absolute atomic E-state index is 2.45. The Morgan fingerprint density at radius 1 is 0.467 bits per heavy atom. The fourth-order valence-electron chi connectivity index (χ4n) is 7.96. The first kappa shape index (κ1) is 26.0. The van der Waals surface area contributed by atoms with Crippen molar-refractivity contribution < 1.29 is 0 Å². The van der Waals surface area contributed by atoms with Gasteiger partial charge in [0.05, 0.1) is 0 Å². The van der Waals surface area contributed by atoms with E-state index in [-0.39, 0.29) is 5.41 Å². The summed E-state index contributed by atoms with van der Waals surface area (Å²) >= 11 is 0. The molecule has 8 aromatic carbocycles. The smallest absolute Gasteiger partial charge is 0.0215 e.